The van der Waals surface area contributed by atoms with Gasteiger partial charge in [0.05, 0.1) is 29.9 Å². The Morgan fingerprint density at radius 2 is 2.24 bits per heavy atom. The minimum atomic E-state index is -0.698. The number of ether oxygens (including phenoxy) is 1. The van der Waals surface area contributed by atoms with Crippen LogP contribution in [0.5, 0.6) is 5.75 Å². The Kier molecular flexibility index (Phi) is 2.84. The van der Waals surface area contributed by atoms with Crippen LogP contribution in [0.15, 0.2) is 12.1 Å². The smallest absolute Gasteiger partial charge is 0.313 e. The Labute approximate surface area is 96.4 Å². The molecule has 0 bridgehead atoms. The Bertz CT molecular complexity index is 460. The molecule has 0 aliphatic carbocycles. The molecule has 6 nitrogen and oxygen atoms in total. The molecule has 1 aliphatic heterocycles. The zero-order valence-corrected chi connectivity index (χ0v) is 9.09. The van der Waals surface area contributed by atoms with Gasteiger partial charge < -0.3 is 14.7 Å². The van der Waals surface area contributed by atoms with Crippen LogP contribution in [0, 0.1) is 15.9 Å². The van der Waals surface area contributed by atoms with Gasteiger partial charge in [-0.05, 0) is 0 Å². The van der Waals surface area contributed by atoms with Crippen LogP contribution in [0.1, 0.15) is 0 Å². The molecule has 0 atom stereocenters. The number of benzene rings is 1. The van der Waals surface area contributed by atoms with Gasteiger partial charge in [-0.2, -0.15) is 0 Å². The summed E-state index contributed by atoms with van der Waals surface area (Å²) in [5.41, 5.74) is -0.201. The SMILES string of the molecule is COc1cc(N2CC(O)C2)c(F)cc1[N+](=O)[O-]. The number of aliphatic hydroxyl groups is 1. The lowest BCUT2D eigenvalue weighted by Gasteiger charge is -2.37. The highest BCUT2D eigenvalue weighted by Crippen LogP contribution is 2.35. The molecule has 0 spiro atoms. The van der Waals surface area contributed by atoms with Crippen LogP contribution in [-0.2, 0) is 0 Å². The fourth-order valence-corrected chi connectivity index (χ4v) is 1.73. The van der Waals surface area contributed by atoms with Crippen molar-refractivity contribution < 1.29 is 19.2 Å². The molecular weight excluding hydrogens is 231 g/mol. The van der Waals surface area contributed by atoms with Crippen molar-refractivity contribution in [2.24, 2.45) is 0 Å². The van der Waals surface area contributed by atoms with Gasteiger partial charge in [0.1, 0.15) is 0 Å². The van der Waals surface area contributed by atoms with E-state index < -0.39 is 22.5 Å². The molecule has 1 heterocycles. The van der Waals surface area contributed by atoms with E-state index in [1.54, 1.807) is 4.90 Å². The first-order valence-corrected chi connectivity index (χ1v) is 4.98. The van der Waals surface area contributed by atoms with Crippen molar-refractivity contribution in [3.8, 4) is 5.75 Å². The number of nitrogens with zero attached hydrogens (tertiary/aromatic N) is 2. The molecular formula is C10H11FN2O4. The summed E-state index contributed by atoms with van der Waals surface area (Å²) in [4.78, 5) is 11.5. The Balaban J connectivity index is 2.38. The monoisotopic (exact) mass is 242 g/mol. The first kappa shape index (κ1) is 11.6. The predicted octanol–water partition coefficient (Wildman–Crippen LogP) is 0.923. The minimum Gasteiger partial charge on any atom is -0.490 e. The molecule has 92 valence electrons. The van der Waals surface area contributed by atoms with Gasteiger partial charge in [-0.15, -0.1) is 0 Å². The van der Waals surface area contributed by atoms with Crippen molar-refractivity contribution in [2.45, 2.75) is 6.10 Å². The van der Waals surface area contributed by atoms with Crippen molar-refractivity contribution in [1.29, 1.82) is 0 Å². The summed E-state index contributed by atoms with van der Waals surface area (Å²) < 4.78 is 18.5. The van der Waals surface area contributed by atoms with Gasteiger partial charge in [-0.1, -0.05) is 0 Å². The van der Waals surface area contributed by atoms with Gasteiger partial charge in [0, 0.05) is 19.2 Å². The number of nitro groups is 1. The number of hydrogen-bond donors (Lipinski definition) is 1. The highest BCUT2D eigenvalue weighted by Gasteiger charge is 2.29. The van der Waals surface area contributed by atoms with E-state index in [4.69, 9.17) is 9.84 Å². The zero-order chi connectivity index (χ0) is 12.6. The second kappa shape index (κ2) is 4.17. The molecule has 0 radical (unpaired) electrons. The summed E-state index contributed by atoms with van der Waals surface area (Å²) in [5.74, 6) is -0.683. The third kappa shape index (κ3) is 2.01. The molecule has 1 aliphatic rings. The third-order valence-corrected chi connectivity index (χ3v) is 2.65. The number of methoxy groups -OCH3 is 1. The summed E-state index contributed by atoms with van der Waals surface area (Å²) in [6.07, 6.45) is -0.476. The lowest BCUT2D eigenvalue weighted by molar-refractivity contribution is -0.385. The average molecular weight is 242 g/mol. The molecule has 1 saturated heterocycles. The van der Waals surface area contributed by atoms with Crippen LogP contribution in [0.3, 0.4) is 0 Å². The quantitative estimate of drug-likeness (QED) is 0.630. The lowest BCUT2D eigenvalue weighted by atomic mass is 10.1. The third-order valence-electron chi connectivity index (χ3n) is 2.65. The first-order valence-electron chi connectivity index (χ1n) is 4.98. The second-order valence-electron chi connectivity index (χ2n) is 3.79. The van der Waals surface area contributed by atoms with Gasteiger partial charge in [0.2, 0.25) is 0 Å². The van der Waals surface area contributed by atoms with Crippen molar-refractivity contribution in [3.05, 3.63) is 28.1 Å². The van der Waals surface area contributed by atoms with Gasteiger partial charge in [0.15, 0.2) is 11.6 Å². The number of nitro benzene ring substituents is 1. The maximum absolute atomic E-state index is 13.6. The number of halogens is 1. The molecule has 1 fully saturated rings. The number of anilines is 1. The van der Waals surface area contributed by atoms with E-state index >= 15 is 0 Å². The van der Waals surface area contributed by atoms with E-state index in [0.717, 1.165) is 6.07 Å². The van der Waals surface area contributed by atoms with E-state index in [9.17, 15) is 14.5 Å². The average Bonchev–Trinajstić information content (AvgIpc) is 2.25. The largest absolute Gasteiger partial charge is 0.490 e. The van der Waals surface area contributed by atoms with Crippen molar-refractivity contribution >= 4 is 11.4 Å². The Morgan fingerprint density at radius 3 is 2.71 bits per heavy atom. The van der Waals surface area contributed by atoms with Crippen LogP contribution in [-0.4, -0.2) is 36.3 Å². The van der Waals surface area contributed by atoms with Gasteiger partial charge >= 0.3 is 5.69 Å². The summed E-state index contributed by atoms with van der Waals surface area (Å²) in [7, 11) is 1.29. The summed E-state index contributed by atoms with van der Waals surface area (Å²) in [5, 5.41) is 19.8. The number of hydrogen-bond acceptors (Lipinski definition) is 5. The Hall–Kier alpha value is -1.89. The minimum absolute atomic E-state index is 0.00721. The summed E-state index contributed by atoms with van der Waals surface area (Å²) in [6, 6.07) is 2.11. The van der Waals surface area contributed by atoms with E-state index in [0.29, 0.717) is 13.1 Å². The van der Waals surface area contributed by atoms with Crippen molar-refractivity contribution in [3.63, 3.8) is 0 Å². The van der Waals surface area contributed by atoms with E-state index in [1.165, 1.54) is 13.2 Å². The molecule has 17 heavy (non-hydrogen) atoms. The number of aliphatic hydroxyl groups excluding tert-OH is 1. The van der Waals surface area contributed by atoms with Crippen LogP contribution >= 0.6 is 0 Å². The van der Waals surface area contributed by atoms with E-state index in [2.05, 4.69) is 0 Å². The van der Waals surface area contributed by atoms with Crippen molar-refractivity contribution in [1.82, 2.24) is 0 Å². The summed E-state index contributed by atoms with van der Waals surface area (Å²) in [6.45, 7) is 0.635. The highest BCUT2D eigenvalue weighted by molar-refractivity contribution is 5.61. The topological polar surface area (TPSA) is 75.8 Å². The lowest BCUT2D eigenvalue weighted by Crippen LogP contribution is -2.51. The van der Waals surface area contributed by atoms with Gasteiger partial charge in [-0.25, -0.2) is 4.39 Å². The number of rotatable bonds is 3. The maximum atomic E-state index is 13.6. The normalized spacial score (nSPS) is 15.6. The Morgan fingerprint density at radius 1 is 1.59 bits per heavy atom. The molecule has 2 rings (SSSR count). The van der Waals surface area contributed by atoms with Gasteiger partial charge in [-0.3, -0.25) is 10.1 Å². The fourth-order valence-electron chi connectivity index (χ4n) is 1.73. The molecule has 1 aromatic carbocycles. The second-order valence-corrected chi connectivity index (χ2v) is 3.79. The molecule has 1 aromatic rings. The van der Waals surface area contributed by atoms with Crippen molar-refractivity contribution in [2.75, 3.05) is 25.1 Å². The zero-order valence-electron chi connectivity index (χ0n) is 9.09. The van der Waals surface area contributed by atoms with Crippen LogP contribution in [0.4, 0.5) is 15.8 Å². The molecule has 0 aromatic heterocycles. The summed E-state index contributed by atoms with van der Waals surface area (Å²) >= 11 is 0. The van der Waals surface area contributed by atoms with E-state index in [1.807, 2.05) is 0 Å². The molecule has 7 heteroatoms. The predicted molar refractivity (Wildman–Crippen MR) is 57.8 cm³/mol. The van der Waals surface area contributed by atoms with Crippen LogP contribution in [0.25, 0.3) is 0 Å². The molecule has 0 unspecified atom stereocenters. The first-order chi connectivity index (χ1) is 8.02. The number of β-amino-alcohol motifs (C(OH)–C–C–N with tert-alkyl or cyclic N) is 1. The molecule has 0 saturated carbocycles. The maximum Gasteiger partial charge on any atom is 0.313 e. The molecule has 0 amide bonds. The fraction of sp³-hybridized carbons (Fsp3) is 0.400. The van der Waals surface area contributed by atoms with Crippen LogP contribution in [0.2, 0.25) is 0 Å². The highest BCUT2D eigenvalue weighted by atomic mass is 19.1. The standard InChI is InChI=1S/C10H11FN2O4/c1-17-10-3-8(12-4-6(14)5-12)7(11)2-9(10)13(15)16/h2-3,6,14H,4-5H2,1H3. The van der Waals surface area contributed by atoms with E-state index in [-0.39, 0.29) is 11.4 Å². The molecule has 1 N–H and O–H groups in total. The van der Waals surface area contributed by atoms with Crippen LogP contribution < -0.4 is 9.64 Å². The van der Waals surface area contributed by atoms with Gasteiger partial charge in [0.25, 0.3) is 0 Å².